The van der Waals surface area contributed by atoms with Crippen LogP contribution in [0.15, 0.2) is 48.5 Å². The lowest BCUT2D eigenvalue weighted by Crippen LogP contribution is -2.23. The number of nitrogens with zero attached hydrogens (tertiary/aromatic N) is 3. The Balaban J connectivity index is 1.62. The molecule has 8 heteroatoms. The van der Waals surface area contributed by atoms with Crippen molar-refractivity contribution in [1.82, 2.24) is 14.8 Å². The van der Waals surface area contributed by atoms with E-state index in [1.807, 2.05) is 30.3 Å². The van der Waals surface area contributed by atoms with E-state index in [0.29, 0.717) is 32.6 Å². The molecule has 28 heavy (non-hydrogen) atoms. The van der Waals surface area contributed by atoms with Gasteiger partial charge < -0.3 is 0 Å². The van der Waals surface area contributed by atoms with Crippen LogP contribution in [0.5, 0.6) is 0 Å². The Morgan fingerprint density at radius 3 is 2.61 bits per heavy atom. The normalized spacial score (nSPS) is 11.0. The molecule has 140 valence electrons. The van der Waals surface area contributed by atoms with E-state index < -0.39 is 11.7 Å². The second-order valence-corrected chi connectivity index (χ2v) is 7.67. The largest absolute Gasteiger partial charge is 0.298 e. The Morgan fingerprint density at radius 1 is 1.11 bits per heavy atom. The Kier molecular flexibility index (Phi) is 4.70. The lowest BCUT2D eigenvalue weighted by atomic mass is 10.1. The highest BCUT2D eigenvalue weighted by atomic mass is 35.5. The van der Waals surface area contributed by atoms with Crippen molar-refractivity contribution in [2.75, 3.05) is 5.32 Å². The van der Waals surface area contributed by atoms with Crippen LogP contribution in [0.1, 0.15) is 21.7 Å². The molecule has 0 aliphatic rings. The number of rotatable bonds is 4. The third-order valence-corrected chi connectivity index (χ3v) is 5.47. The number of ketones is 1. The number of aromatic nitrogens is 3. The summed E-state index contributed by atoms with van der Waals surface area (Å²) in [4.78, 5) is 29.7. The molecule has 4 rings (SSSR count). The maximum atomic E-state index is 12.8. The number of carbonyl (C=O) groups is 2. The molecule has 0 unspecified atom stereocenters. The van der Waals surface area contributed by atoms with E-state index >= 15 is 0 Å². The number of hydrogen-bond donors (Lipinski definition) is 1. The quantitative estimate of drug-likeness (QED) is 0.395. The minimum absolute atomic E-state index is 0.297. The lowest BCUT2D eigenvalue weighted by Gasteiger charge is -2.05. The summed E-state index contributed by atoms with van der Waals surface area (Å²) in [6.45, 7) is 3.49. The molecule has 4 aromatic rings. The summed E-state index contributed by atoms with van der Waals surface area (Å²) in [6.07, 6.45) is 0. The highest BCUT2D eigenvalue weighted by molar-refractivity contribution is 7.22. The molecule has 6 nitrogen and oxygen atoms in total. The van der Waals surface area contributed by atoms with Crippen LogP contribution in [0.2, 0.25) is 5.02 Å². The number of nitrogens with one attached hydrogen (secondary N) is 1. The molecule has 0 aliphatic carbocycles. The Labute approximate surface area is 169 Å². The van der Waals surface area contributed by atoms with E-state index in [1.54, 1.807) is 36.7 Å². The molecule has 0 bridgehead atoms. The van der Waals surface area contributed by atoms with Crippen molar-refractivity contribution in [1.29, 1.82) is 0 Å². The first-order valence-electron chi connectivity index (χ1n) is 8.47. The van der Waals surface area contributed by atoms with Gasteiger partial charge in [0, 0.05) is 5.02 Å². The third-order valence-electron chi connectivity index (χ3n) is 4.30. The van der Waals surface area contributed by atoms with Crippen LogP contribution in [0.4, 0.5) is 5.13 Å². The molecule has 2 heterocycles. The number of benzene rings is 2. The number of para-hydroxylation sites is 1. The fourth-order valence-electron chi connectivity index (χ4n) is 3.01. The summed E-state index contributed by atoms with van der Waals surface area (Å²) in [5.74, 6) is -1.39. The van der Waals surface area contributed by atoms with Crippen LogP contribution in [-0.2, 0) is 4.79 Å². The van der Waals surface area contributed by atoms with Gasteiger partial charge in [-0.05, 0) is 44.2 Å². The molecular weight excluding hydrogens is 396 g/mol. The summed E-state index contributed by atoms with van der Waals surface area (Å²) in [6, 6.07) is 14.7. The Bertz CT molecular complexity index is 1210. The zero-order valence-electron chi connectivity index (χ0n) is 15.1. The lowest BCUT2D eigenvalue weighted by molar-refractivity contribution is -0.112. The number of Topliss-reactive ketones (excluding diaryl/α,β-unsaturated/α-hetero) is 1. The first-order chi connectivity index (χ1) is 13.4. The van der Waals surface area contributed by atoms with E-state index in [-0.39, 0.29) is 0 Å². The monoisotopic (exact) mass is 410 g/mol. The second kappa shape index (κ2) is 7.18. The number of hydrogen-bond acceptors (Lipinski definition) is 5. The Hall–Kier alpha value is -3.03. The fourth-order valence-corrected chi connectivity index (χ4v) is 4.15. The number of fused-ring (bicyclic) bond motifs is 1. The molecule has 1 N–H and O–H groups in total. The number of halogens is 1. The van der Waals surface area contributed by atoms with Crippen LogP contribution >= 0.6 is 22.9 Å². The molecule has 2 aromatic carbocycles. The van der Waals surface area contributed by atoms with Crippen LogP contribution < -0.4 is 5.32 Å². The molecule has 0 aliphatic heterocycles. The third kappa shape index (κ3) is 3.30. The number of aryl methyl sites for hydroxylation is 1. The zero-order chi connectivity index (χ0) is 19.8. The van der Waals surface area contributed by atoms with Gasteiger partial charge in [-0.1, -0.05) is 41.1 Å². The van der Waals surface area contributed by atoms with Gasteiger partial charge in [0.1, 0.15) is 0 Å². The van der Waals surface area contributed by atoms with Crippen molar-refractivity contribution < 1.29 is 9.59 Å². The average Bonchev–Trinajstić information content (AvgIpc) is 3.21. The van der Waals surface area contributed by atoms with Crippen LogP contribution in [-0.4, -0.2) is 26.5 Å². The summed E-state index contributed by atoms with van der Waals surface area (Å²) in [7, 11) is 0. The average molecular weight is 411 g/mol. The first-order valence-corrected chi connectivity index (χ1v) is 9.67. The maximum Gasteiger partial charge on any atom is 0.298 e. The molecule has 0 atom stereocenters. The summed E-state index contributed by atoms with van der Waals surface area (Å²) in [5.41, 5.74) is 2.94. The van der Waals surface area contributed by atoms with Gasteiger partial charge in [0.15, 0.2) is 5.13 Å². The van der Waals surface area contributed by atoms with Crippen molar-refractivity contribution in [2.45, 2.75) is 13.8 Å². The van der Waals surface area contributed by atoms with E-state index in [1.165, 1.54) is 11.3 Å². The number of thiazole rings is 1. The molecule has 0 saturated carbocycles. The molecule has 0 saturated heterocycles. The van der Waals surface area contributed by atoms with Crippen molar-refractivity contribution in [2.24, 2.45) is 0 Å². The van der Waals surface area contributed by atoms with Crippen molar-refractivity contribution >= 4 is 50.0 Å². The van der Waals surface area contributed by atoms with Crippen molar-refractivity contribution in [3.05, 3.63) is 70.5 Å². The van der Waals surface area contributed by atoms with Gasteiger partial charge >= 0.3 is 0 Å². The first kappa shape index (κ1) is 18.3. The topological polar surface area (TPSA) is 76.9 Å². The molecule has 0 radical (unpaired) electrons. The van der Waals surface area contributed by atoms with Crippen LogP contribution in [0.25, 0.3) is 15.9 Å². The highest BCUT2D eigenvalue weighted by Gasteiger charge is 2.25. The van der Waals surface area contributed by atoms with E-state index in [0.717, 1.165) is 10.4 Å². The van der Waals surface area contributed by atoms with Crippen molar-refractivity contribution in [3.8, 4) is 5.69 Å². The molecule has 1 amide bonds. The highest BCUT2D eigenvalue weighted by Crippen LogP contribution is 2.28. The zero-order valence-corrected chi connectivity index (χ0v) is 16.6. The van der Waals surface area contributed by atoms with Gasteiger partial charge in [0.05, 0.1) is 32.9 Å². The predicted octanol–water partition coefficient (Wildman–Crippen LogP) is 4.57. The maximum absolute atomic E-state index is 12.8. The molecule has 2 aromatic heterocycles. The van der Waals surface area contributed by atoms with Gasteiger partial charge in [-0.2, -0.15) is 5.10 Å². The minimum Gasteiger partial charge on any atom is -0.295 e. The fraction of sp³-hybridized carbons (Fsp3) is 0.100. The predicted molar refractivity (Wildman–Crippen MR) is 111 cm³/mol. The molecular formula is C20H15ClN4O2S. The number of carbonyl (C=O) groups excluding carboxylic acids is 2. The van der Waals surface area contributed by atoms with Gasteiger partial charge in [0.25, 0.3) is 11.7 Å². The summed E-state index contributed by atoms with van der Waals surface area (Å²) >= 11 is 7.24. The second-order valence-electron chi connectivity index (χ2n) is 6.21. The van der Waals surface area contributed by atoms with Crippen LogP contribution in [0.3, 0.4) is 0 Å². The van der Waals surface area contributed by atoms with Crippen molar-refractivity contribution in [3.63, 3.8) is 0 Å². The standard InChI is InChI=1S/C20H15ClN4O2S/c1-11-17(12(2)25(24-11)14-6-4-3-5-7-14)18(26)19(27)23-20-22-15-9-8-13(21)10-16(15)28-20/h3-10H,1-2H3,(H,22,23,27). The Morgan fingerprint density at radius 2 is 1.86 bits per heavy atom. The van der Waals surface area contributed by atoms with Gasteiger partial charge in [0.2, 0.25) is 0 Å². The number of amides is 1. The summed E-state index contributed by atoms with van der Waals surface area (Å²) in [5, 5.41) is 7.95. The van der Waals surface area contributed by atoms with Gasteiger partial charge in [-0.15, -0.1) is 0 Å². The smallest absolute Gasteiger partial charge is 0.295 e. The number of anilines is 1. The van der Waals surface area contributed by atoms with E-state index in [4.69, 9.17) is 11.6 Å². The molecule has 0 fully saturated rings. The summed E-state index contributed by atoms with van der Waals surface area (Å²) < 4.78 is 2.50. The molecule has 0 spiro atoms. The minimum atomic E-state index is -0.746. The van der Waals surface area contributed by atoms with E-state index in [9.17, 15) is 9.59 Å². The van der Waals surface area contributed by atoms with E-state index in [2.05, 4.69) is 15.4 Å². The van der Waals surface area contributed by atoms with Crippen LogP contribution in [0, 0.1) is 13.8 Å². The van der Waals surface area contributed by atoms with Gasteiger partial charge in [-0.25, -0.2) is 9.67 Å². The van der Waals surface area contributed by atoms with Gasteiger partial charge in [-0.3, -0.25) is 14.9 Å². The SMILES string of the molecule is Cc1nn(-c2ccccc2)c(C)c1C(=O)C(=O)Nc1nc2ccc(Cl)cc2s1.